The van der Waals surface area contributed by atoms with Gasteiger partial charge in [-0.2, -0.15) is 0 Å². The molecule has 2 aromatic heterocycles. The number of anilines is 1. The number of rotatable bonds is 5. The summed E-state index contributed by atoms with van der Waals surface area (Å²) >= 11 is 0. The predicted octanol–water partition coefficient (Wildman–Crippen LogP) is 2.80. The van der Waals surface area contributed by atoms with Gasteiger partial charge < -0.3 is 15.2 Å². The van der Waals surface area contributed by atoms with Crippen LogP contribution in [0.15, 0.2) is 47.4 Å². The van der Waals surface area contributed by atoms with Crippen molar-refractivity contribution in [1.82, 2.24) is 19.9 Å². The van der Waals surface area contributed by atoms with Gasteiger partial charge in [-0.05, 0) is 50.1 Å². The first-order chi connectivity index (χ1) is 14.4. The molecule has 8 heteroatoms. The molecule has 0 saturated carbocycles. The lowest BCUT2D eigenvalue weighted by atomic mass is 10.2. The molecule has 1 fully saturated rings. The number of pyridine rings is 1. The summed E-state index contributed by atoms with van der Waals surface area (Å²) < 4.78 is 13.1. The molecule has 1 aliphatic rings. The number of carbonyl (C=O) groups excluding carboxylic acids is 1. The van der Waals surface area contributed by atoms with Crippen molar-refractivity contribution in [2.45, 2.75) is 32.9 Å². The van der Waals surface area contributed by atoms with Crippen LogP contribution in [0.2, 0.25) is 0 Å². The van der Waals surface area contributed by atoms with E-state index in [0.717, 1.165) is 5.56 Å². The van der Waals surface area contributed by atoms with E-state index in [1.54, 1.807) is 49.2 Å². The third-order valence-corrected chi connectivity index (χ3v) is 5.34. The molecule has 1 amide bonds. The van der Waals surface area contributed by atoms with Crippen LogP contribution in [0.3, 0.4) is 0 Å². The van der Waals surface area contributed by atoms with Crippen molar-refractivity contribution in [3.63, 3.8) is 0 Å². The second-order valence-corrected chi connectivity index (χ2v) is 7.43. The van der Waals surface area contributed by atoms with Gasteiger partial charge in [0.25, 0.3) is 5.56 Å². The van der Waals surface area contributed by atoms with Crippen LogP contribution in [0.5, 0.6) is 0 Å². The van der Waals surface area contributed by atoms with E-state index in [9.17, 15) is 14.0 Å². The number of halogens is 1. The van der Waals surface area contributed by atoms with Crippen molar-refractivity contribution in [2.75, 3.05) is 11.9 Å². The zero-order valence-electron chi connectivity index (χ0n) is 16.8. The van der Waals surface area contributed by atoms with Crippen LogP contribution in [-0.2, 0) is 11.3 Å². The fourth-order valence-electron chi connectivity index (χ4n) is 3.42. The highest BCUT2D eigenvalue weighted by atomic mass is 19.1. The van der Waals surface area contributed by atoms with Crippen molar-refractivity contribution in [3.8, 4) is 11.4 Å². The second-order valence-electron chi connectivity index (χ2n) is 7.43. The first kappa shape index (κ1) is 19.8. The number of carbonyl (C=O) groups is 1. The molecule has 30 heavy (non-hydrogen) atoms. The molecule has 1 saturated heterocycles. The molecule has 0 aliphatic carbocycles. The molecule has 3 aromatic rings. The maximum absolute atomic E-state index is 13.1. The third kappa shape index (κ3) is 4.07. The lowest BCUT2D eigenvalue weighted by Gasteiger charge is -2.17. The highest BCUT2D eigenvalue weighted by Gasteiger charge is 2.31. The van der Waals surface area contributed by atoms with Gasteiger partial charge in [-0.15, -0.1) is 0 Å². The Morgan fingerprint density at radius 2 is 1.93 bits per heavy atom. The summed E-state index contributed by atoms with van der Waals surface area (Å²) in [5.74, 6) is 0.738. The normalized spacial score (nSPS) is 16.2. The van der Waals surface area contributed by atoms with E-state index in [4.69, 9.17) is 0 Å². The number of aromatic nitrogens is 3. The molecular weight excluding hydrogens is 385 g/mol. The van der Waals surface area contributed by atoms with E-state index in [1.165, 1.54) is 12.1 Å². The highest BCUT2D eigenvalue weighted by Crippen LogP contribution is 2.20. The predicted molar refractivity (Wildman–Crippen MR) is 111 cm³/mol. The molecule has 7 nitrogen and oxygen atoms in total. The fraction of sp³-hybridized carbons (Fsp3) is 0.273. The van der Waals surface area contributed by atoms with E-state index in [1.807, 2.05) is 0 Å². The number of aryl methyl sites for hydroxylation is 1. The molecule has 4 rings (SSSR count). The molecule has 1 unspecified atom stereocenters. The minimum Gasteiger partial charge on any atom is -0.358 e. The summed E-state index contributed by atoms with van der Waals surface area (Å²) in [5.41, 5.74) is 2.68. The first-order valence-electron chi connectivity index (χ1n) is 9.74. The van der Waals surface area contributed by atoms with Crippen LogP contribution >= 0.6 is 0 Å². The Bertz CT molecular complexity index is 1130. The van der Waals surface area contributed by atoms with Crippen LogP contribution in [0, 0.1) is 19.7 Å². The number of nitrogens with zero attached hydrogens (tertiary/aromatic N) is 3. The van der Waals surface area contributed by atoms with Crippen LogP contribution in [0.4, 0.5) is 10.2 Å². The molecule has 0 radical (unpaired) electrons. The van der Waals surface area contributed by atoms with Crippen molar-refractivity contribution in [3.05, 3.63) is 75.6 Å². The smallest absolute Gasteiger partial charge is 0.254 e. The second kappa shape index (κ2) is 8.06. The Hall–Kier alpha value is -3.55. The maximum Gasteiger partial charge on any atom is 0.254 e. The van der Waals surface area contributed by atoms with E-state index in [-0.39, 0.29) is 23.3 Å². The molecule has 1 atom stereocenters. The van der Waals surface area contributed by atoms with E-state index in [0.29, 0.717) is 48.0 Å². The molecule has 1 aliphatic heterocycles. The molecule has 154 valence electrons. The largest absolute Gasteiger partial charge is 0.358 e. The van der Waals surface area contributed by atoms with Crippen LogP contribution in [0.25, 0.3) is 11.4 Å². The van der Waals surface area contributed by atoms with Crippen LogP contribution in [0.1, 0.15) is 23.2 Å². The number of hydrogen-bond donors (Lipinski definition) is 2. The monoisotopic (exact) mass is 407 g/mol. The van der Waals surface area contributed by atoms with Crippen LogP contribution < -0.4 is 10.9 Å². The summed E-state index contributed by atoms with van der Waals surface area (Å²) in [4.78, 5) is 37.9. The Morgan fingerprint density at radius 1 is 1.17 bits per heavy atom. The molecule has 0 bridgehead atoms. The SMILES string of the molecule is Cc1nc(-c2ccc(NC3CCN(Cc4ccc(F)cc4)C3=O)nc2)[nH]c(=O)c1C. The third-order valence-electron chi connectivity index (χ3n) is 5.34. The van der Waals surface area contributed by atoms with Gasteiger partial charge in [-0.1, -0.05) is 12.1 Å². The van der Waals surface area contributed by atoms with E-state index in [2.05, 4.69) is 20.3 Å². The Kier molecular flexibility index (Phi) is 5.31. The van der Waals surface area contributed by atoms with Gasteiger partial charge in [0, 0.05) is 36.1 Å². The molecule has 0 spiro atoms. The van der Waals surface area contributed by atoms with E-state index >= 15 is 0 Å². The van der Waals surface area contributed by atoms with Gasteiger partial charge in [-0.3, -0.25) is 9.59 Å². The summed E-state index contributed by atoms with van der Waals surface area (Å²) in [6, 6.07) is 9.38. The van der Waals surface area contributed by atoms with Gasteiger partial charge >= 0.3 is 0 Å². The number of nitrogens with one attached hydrogen (secondary N) is 2. The van der Waals surface area contributed by atoms with Crippen LogP contribution in [-0.4, -0.2) is 38.3 Å². The van der Waals surface area contributed by atoms with E-state index < -0.39 is 0 Å². The summed E-state index contributed by atoms with van der Waals surface area (Å²) in [6.07, 6.45) is 2.28. The number of H-pyrrole nitrogens is 1. The molecule has 2 N–H and O–H groups in total. The zero-order chi connectivity index (χ0) is 21.3. The maximum atomic E-state index is 13.1. The molecule has 3 heterocycles. The van der Waals surface area contributed by atoms with Crippen molar-refractivity contribution in [1.29, 1.82) is 0 Å². The van der Waals surface area contributed by atoms with Gasteiger partial charge in [0.1, 0.15) is 23.5 Å². The standard InChI is InChI=1S/C22H22FN5O2/c1-13-14(2)25-20(27-21(13)29)16-5-8-19(24-11-16)26-18-9-10-28(22(18)30)12-15-3-6-17(23)7-4-15/h3-8,11,18H,9-10,12H2,1-2H3,(H,24,26)(H,25,27,29). The lowest BCUT2D eigenvalue weighted by Crippen LogP contribution is -2.33. The minimum atomic E-state index is -0.358. The fourth-order valence-corrected chi connectivity index (χ4v) is 3.42. The average Bonchev–Trinajstić information content (AvgIpc) is 3.07. The number of hydrogen-bond acceptors (Lipinski definition) is 5. The average molecular weight is 407 g/mol. The van der Waals surface area contributed by atoms with Crippen molar-refractivity contribution >= 4 is 11.7 Å². The van der Waals surface area contributed by atoms with Crippen molar-refractivity contribution < 1.29 is 9.18 Å². The summed E-state index contributed by atoms with van der Waals surface area (Å²) in [5, 5.41) is 3.17. The molecule has 1 aromatic carbocycles. The Labute approximate surface area is 173 Å². The van der Waals surface area contributed by atoms with Gasteiger partial charge in [0.15, 0.2) is 0 Å². The quantitative estimate of drug-likeness (QED) is 0.679. The number of likely N-dealkylation sites (tertiary alicyclic amines) is 1. The lowest BCUT2D eigenvalue weighted by molar-refractivity contribution is -0.128. The minimum absolute atomic E-state index is 0.00893. The number of amides is 1. The Balaban J connectivity index is 1.42. The van der Waals surface area contributed by atoms with Gasteiger partial charge in [0.05, 0.1) is 0 Å². The van der Waals surface area contributed by atoms with Gasteiger partial charge in [-0.25, -0.2) is 14.4 Å². The highest BCUT2D eigenvalue weighted by molar-refractivity contribution is 5.86. The first-order valence-corrected chi connectivity index (χ1v) is 9.74. The van der Waals surface area contributed by atoms with Crippen molar-refractivity contribution in [2.24, 2.45) is 0 Å². The number of benzene rings is 1. The summed E-state index contributed by atoms with van der Waals surface area (Å²) in [7, 11) is 0. The van der Waals surface area contributed by atoms with Gasteiger partial charge in [0.2, 0.25) is 5.91 Å². The molecular formula is C22H22FN5O2. The summed E-state index contributed by atoms with van der Waals surface area (Å²) in [6.45, 7) is 4.60. The zero-order valence-corrected chi connectivity index (χ0v) is 16.8. The Morgan fingerprint density at radius 3 is 2.60 bits per heavy atom. The topological polar surface area (TPSA) is 91.0 Å². The number of aromatic amines is 1.